The Morgan fingerprint density at radius 3 is 1.74 bits per heavy atom. The van der Waals surface area contributed by atoms with Crippen molar-refractivity contribution in [3.05, 3.63) is 236 Å². The van der Waals surface area contributed by atoms with Crippen LogP contribution in [0.25, 0.3) is 87.6 Å². The molecule has 11 aromatic carbocycles. The third-order valence-electron chi connectivity index (χ3n) is 13.4. The van der Waals surface area contributed by atoms with Crippen LogP contribution < -0.4 is 4.90 Å². The van der Waals surface area contributed by atoms with Crippen LogP contribution in [0.15, 0.2) is 224 Å². The van der Waals surface area contributed by atoms with E-state index in [2.05, 4.69) is 243 Å². The molecule has 0 bridgehead atoms. The molecule has 292 valence electrons. The second-order valence-corrected chi connectivity index (χ2v) is 17.2. The van der Waals surface area contributed by atoms with Crippen molar-refractivity contribution in [1.82, 2.24) is 0 Å². The summed E-state index contributed by atoms with van der Waals surface area (Å²) < 4.78 is 0. The summed E-state index contributed by atoms with van der Waals surface area (Å²) in [5, 5.41) is 9.90. The van der Waals surface area contributed by atoms with Gasteiger partial charge in [0.05, 0.1) is 11.4 Å². The molecule has 0 atom stereocenters. The fourth-order valence-electron chi connectivity index (χ4n) is 10.5. The van der Waals surface area contributed by atoms with Crippen molar-refractivity contribution in [2.24, 2.45) is 0 Å². The minimum atomic E-state index is -0.171. The summed E-state index contributed by atoms with van der Waals surface area (Å²) in [5.74, 6) is 0. The Hall–Kier alpha value is -7.74. The fraction of sp³-hybridized carbons (Fsp3) is 0.0492. The lowest BCUT2D eigenvalue weighted by Gasteiger charge is -2.32. The molecule has 1 heteroatoms. The van der Waals surface area contributed by atoms with E-state index >= 15 is 0 Å². The van der Waals surface area contributed by atoms with Crippen molar-refractivity contribution in [1.29, 1.82) is 0 Å². The van der Waals surface area contributed by atoms with Crippen LogP contribution in [-0.4, -0.2) is 0 Å². The van der Waals surface area contributed by atoms with Crippen LogP contribution in [0.5, 0.6) is 0 Å². The number of fused-ring (bicyclic) bond motifs is 8. The molecule has 1 aliphatic rings. The Morgan fingerprint density at radius 2 is 0.887 bits per heavy atom. The number of benzene rings is 11. The molecule has 0 aromatic heterocycles. The average Bonchev–Trinajstić information content (AvgIpc) is 3.56. The van der Waals surface area contributed by atoms with Gasteiger partial charge in [-0.3, -0.25) is 0 Å². The van der Waals surface area contributed by atoms with Crippen molar-refractivity contribution in [2.45, 2.75) is 19.3 Å². The van der Waals surface area contributed by atoms with Gasteiger partial charge in [-0.25, -0.2) is 0 Å². The topological polar surface area (TPSA) is 3.24 Å². The van der Waals surface area contributed by atoms with Crippen LogP contribution in [0, 0.1) is 0 Å². The number of rotatable bonds is 6. The van der Waals surface area contributed by atoms with Crippen LogP contribution in [0.2, 0.25) is 0 Å². The summed E-state index contributed by atoms with van der Waals surface area (Å²) in [6, 6.07) is 83.3. The molecule has 0 N–H and O–H groups in total. The van der Waals surface area contributed by atoms with E-state index < -0.39 is 0 Å². The first-order chi connectivity index (χ1) is 30.5. The molecule has 1 nitrogen and oxygen atoms in total. The zero-order chi connectivity index (χ0) is 41.4. The maximum absolute atomic E-state index is 2.55. The van der Waals surface area contributed by atoms with Gasteiger partial charge in [-0.1, -0.05) is 202 Å². The molecule has 0 saturated carbocycles. The van der Waals surface area contributed by atoms with Crippen LogP contribution >= 0.6 is 0 Å². The highest BCUT2D eigenvalue weighted by molar-refractivity contribution is 6.17. The highest BCUT2D eigenvalue weighted by atomic mass is 15.1. The SMILES string of the molecule is CC1(C)c2ccccc2-c2ccc(N(c3ccccc3-c3ccc4ccccc4c3)c3cccc(-c4cc5ccccc5c5ccccc45)c3-c3cccc4ccccc34)cc21. The molecular weight excluding hydrogens is 747 g/mol. The number of anilines is 3. The van der Waals surface area contributed by atoms with Crippen molar-refractivity contribution >= 4 is 60.2 Å². The van der Waals surface area contributed by atoms with E-state index in [1.165, 1.54) is 98.7 Å². The Morgan fingerprint density at radius 1 is 0.306 bits per heavy atom. The lowest BCUT2D eigenvalue weighted by molar-refractivity contribution is 0.660. The van der Waals surface area contributed by atoms with Crippen LogP contribution in [0.3, 0.4) is 0 Å². The number of nitrogens with zero attached hydrogens (tertiary/aromatic N) is 1. The maximum atomic E-state index is 2.55. The second-order valence-electron chi connectivity index (χ2n) is 17.2. The monoisotopic (exact) mass is 789 g/mol. The first-order valence-corrected chi connectivity index (χ1v) is 21.7. The standard InChI is InChI=1S/C61H43N/c1-61(2)56-30-13-11-27-51(56)52-36-35-45(39-57(52)61)62(58-31-14-12-24-48(58)44-34-33-40-17-3-4-19-42(40)37-44)59-32-16-29-54(60(59)53-28-15-21-41-18-5-7-22-46(41)53)55-38-43-20-6-8-23-47(43)49-25-9-10-26-50(49)55/h3-39H,1-2H3. The molecule has 0 fully saturated rings. The molecule has 11 aromatic rings. The van der Waals surface area contributed by atoms with Crippen LogP contribution in [-0.2, 0) is 5.41 Å². The summed E-state index contributed by atoms with van der Waals surface area (Å²) in [6.45, 7) is 4.75. The fourth-order valence-corrected chi connectivity index (χ4v) is 10.5. The van der Waals surface area contributed by atoms with E-state index in [1.807, 2.05) is 0 Å². The summed E-state index contributed by atoms with van der Waals surface area (Å²) in [4.78, 5) is 2.55. The largest absolute Gasteiger partial charge is 0.309 e. The molecule has 0 radical (unpaired) electrons. The third kappa shape index (κ3) is 5.62. The molecule has 0 amide bonds. The van der Waals surface area contributed by atoms with E-state index in [-0.39, 0.29) is 5.41 Å². The van der Waals surface area contributed by atoms with E-state index in [0.717, 1.165) is 17.1 Å². The normalized spacial score (nSPS) is 12.8. The maximum Gasteiger partial charge on any atom is 0.0546 e. The van der Waals surface area contributed by atoms with E-state index in [1.54, 1.807) is 0 Å². The smallest absolute Gasteiger partial charge is 0.0546 e. The van der Waals surface area contributed by atoms with Crippen molar-refractivity contribution in [3.63, 3.8) is 0 Å². The molecule has 62 heavy (non-hydrogen) atoms. The molecular formula is C61H43N. The number of para-hydroxylation sites is 1. The summed E-state index contributed by atoms with van der Waals surface area (Å²) >= 11 is 0. The average molecular weight is 790 g/mol. The second kappa shape index (κ2) is 14.2. The van der Waals surface area contributed by atoms with Crippen molar-refractivity contribution in [3.8, 4) is 44.5 Å². The van der Waals surface area contributed by atoms with E-state index in [0.29, 0.717) is 0 Å². The lowest BCUT2D eigenvalue weighted by Crippen LogP contribution is -2.17. The summed E-state index contributed by atoms with van der Waals surface area (Å²) in [6.07, 6.45) is 0. The third-order valence-corrected chi connectivity index (χ3v) is 13.4. The van der Waals surface area contributed by atoms with Crippen LogP contribution in [0.1, 0.15) is 25.0 Å². The summed E-state index contributed by atoms with van der Waals surface area (Å²) in [5.41, 5.74) is 15.7. The molecule has 0 saturated heterocycles. The van der Waals surface area contributed by atoms with E-state index in [4.69, 9.17) is 0 Å². The van der Waals surface area contributed by atoms with E-state index in [9.17, 15) is 0 Å². The Kier molecular flexibility index (Phi) is 8.27. The van der Waals surface area contributed by atoms with Gasteiger partial charge in [0.1, 0.15) is 0 Å². The summed E-state index contributed by atoms with van der Waals surface area (Å²) in [7, 11) is 0. The molecule has 1 aliphatic carbocycles. The molecule has 0 spiro atoms. The Bertz CT molecular complexity index is 3570. The van der Waals surface area contributed by atoms with Gasteiger partial charge in [0, 0.05) is 22.2 Å². The van der Waals surface area contributed by atoms with Gasteiger partial charge >= 0.3 is 0 Å². The van der Waals surface area contributed by atoms with Gasteiger partial charge in [-0.05, 0) is 124 Å². The predicted octanol–water partition coefficient (Wildman–Crippen LogP) is 17.1. The van der Waals surface area contributed by atoms with Gasteiger partial charge in [-0.15, -0.1) is 0 Å². The van der Waals surface area contributed by atoms with Gasteiger partial charge in [-0.2, -0.15) is 0 Å². The van der Waals surface area contributed by atoms with Crippen molar-refractivity contribution in [2.75, 3.05) is 4.90 Å². The molecule has 0 heterocycles. The van der Waals surface area contributed by atoms with Gasteiger partial charge < -0.3 is 4.90 Å². The Labute approximate surface area is 362 Å². The zero-order valence-corrected chi connectivity index (χ0v) is 34.8. The lowest BCUT2D eigenvalue weighted by atomic mass is 9.82. The zero-order valence-electron chi connectivity index (χ0n) is 34.8. The molecule has 0 unspecified atom stereocenters. The number of hydrogen-bond acceptors (Lipinski definition) is 1. The quantitative estimate of drug-likeness (QED) is 0.152. The highest BCUT2D eigenvalue weighted by Gasteiger charge is 2.36. The van der Waals surface area contributed by atoms with Gasteiger partial charge in [0.25, 0.3) is 0 Å². The predicted molar refractivity (Wildman–Crippen MR) is 265 cm³/mol. The molecule has 0 aliphatic heterocycles. The van der Waals surface area contributed by atoms with Crippen LogP contribution in [0.4, 0.5) is 17.1 Å². The Balaban J connectivity index is 1.20. The minimum Gasteiger partial charge on any atom is -0.309 e. The minimum absolute atomic E-state index is 0.171. The number of hydrogen-bond donors (Lipinski definition) is 0. The van der Waals surface area contributed by atoms with Gasteiger partial charge in [0.2, 0.25) is 0 Å². The van der Waals surface area contributed by atoms with Gasteiger partial charge in [0.15, 0.2) is 0 Å². The first-order valence-electron chi connectivity index (χ1n) is 21.7. The van der Waals surface area contributed by atoms with Crippen molar-refractivity contribution < 1.29 is 0 Å². The first kappa shape index (κ1) is 36.1. The highest BCUT2D eigenvalue weighted by Crippen LogP contribution is 2.54. The molecule has 12 rings (SSSR count).